The minimum absolute atomic E-state index is 0.00849. The Morgan fingerprint density at radius 2 is 1.81 bits per heavy atom. The van der Waals surface area contributed by atoms with E-state index in [2.05, 4.69) is 4.98 Å². The summed E-state index contributed by atoms with van der Waals surface area (Å²) in [5.41, 5.74) is 0.781. The van der Waals surface area contributed by atoms with Crippen molar-refractivity contribution in [3.8, 4) is 0 Å². The first-order chi connectivity index (χ1) is 12.4. The lowest BCUT2D eigenvalue weighted by molar-refractivity contribution is -0.119. The molecule has 0 saturated heterocycles. The number of aryl methyl sites for hydroxylation is 2. The van der Waals surface area contributed by atoms with Crippen LogP contribution in [0.1, 0.15) is 18.4 Å². The van der Waals surface area contributed by atoms with Crippen molar-refractivity contribution in [3.05, 3.63) is 62.0 Å². The largest absolute Gasteiger partial charge is 0.332 e. The second-order valence-electron chi connectivity index (χ2n) is 6.27. The Bertz CT molecular complexity index is 1080. The number of rotatable bonds is 6. The molecule has 0 radical (unpaired) electrons. The van der Waals surface area contributed by atoms with Gasteiger partial charge in [0.25, 0.3) is 5.56 Å². The molecule has 0 fully saturated rings. The number of benzene rings is 1. The molecule has 0 bridgehead atoms. The summed E-state index contributed by atoms with van der Waals surface area (Å²) in [4.78, 5) is 40.7. The van der Waals surface area contributed by atoms with E-state index in [0.717, 1.165) is 16.6 Å². The van der Waals surface area contributed by atoms with Crippen LogP contribution in [0.25, 0.3) is 11.2 Å². The van der Waals surface area contributed by atoms with Gasteiger partial charge in [-0.05, 0) is 30.5 Å². The molecule has 0 amide bonds. The number of hydrogen-bond acceptors (Lipinski definition) is 4. The number of nitrogens with zero attached hydrogens (tertiary/aromatic N) is 4. The molecule has 0 unspecified atom stereocenters. The highest BCUT2D eigenvalue weighted by molar-refractivity contribution is 6.30. The number of halogens is 1. The smallest absolute Gasteiger partial charge is 0.317 e. The number of carbonyl (C=O) groups excluding carboxylic acids is 1. The van der Waals surface area contributed by atoms with Crippen LogP contribution in [0.4, 0.5) is 0 Å². The van der Waals surface area contributed by atoms with E-state index in [0.29, 0.717) is 17.9 Å². The molecule has 7 nitrogen and oxygen atoms in total. The fourth-order valence-corrected chi connectivity index (χ4v) is 3.05. The van der Waals surface area contributed by atoms with Crippen LogP contribution in [0.2, 0.25) is 5.02 Å². The Morgan fingerprint density at radius 1 is 1.12 bits per heavy atom. The first kappa shape index (κ1) is 18.1. The molecule has 2 heterocycles. The van der Waals surface area contributed by atoms with Crippen molar-refractivity contribution in [2.24, 2.45) is 14.1 Å². The molecule has 0 spiro atoms. The van der Waals surface area contributed by atoms with Crippen LogP contribution in [0.15, 0.2) is 40.2 Å². The van der Waals surface area contributed by atoms with Crippen molar-refractivity contribution in [1.82, 2.24) is 18.7 Å². The third kappa shape index (κ3) is 3.48. The van der Waals surface area contributed by atoms with Crippen molar-refractivity contribution in [1.29, 1.82) is 0 Å². The number of carbonyl (C=O) groups is 1. The normalized spacial score (nSPS) is 11.2. The summed E-state index contributed by atoms with van der Waals surface area (Å²) in [5.74, 6) is 0.00849. The first-order valence-electron chi connectivity index (χ1n) is 8.25. The number of Topliss-reactive ketones (excluding diaryl/α,β-unsaturated/α-hetero) is 1. The van der Waals surface area contributed by atoms with Crippen molar-refractivity contribution in [2.75, 3.05) is 0 Å². The van der Waals surface area contributed by atoms with Crippen molar-refractivity contribution in [2.45, 2.75) is 25.8 Å². The molecule has 3 rings (SSSR count). The highest BCUT2D eigenvalue weighted by atomic mass is 35.5. The van der Waals surface area contributed by atoms with Crippen molar-refractivity contribution in [3.63, 3.8) is 0 Å². The summed E-state index contributed by atoms with van der Waals surface area (Å²) in [6, 6.07) is 7.55. The minimum Gasteiger partial charge on any atom is -0.317 e. The summed E-state index contributed by atoms with van der Waals surface area (Å²) in [6.45, 7) is 0.0601. The van der Waals surface area contributed by atoms with Crippen molar-refractivity contribution < 1.29 is 4.79 Å². The molecule has 0 aliphatic rings. The van der Waals surface area contributed by atoms with Gasteiger partial charge in [0.1, 0.15) is 0 Å². The Labute approximate surface area is 154 Å². The van der Waals surface area contributed by atoms with Gasteiger partial charge in [0, 0.05) is 25.5 Å². The minimum atomic E-state index is -0.449. The molecule has 136 valence electrons. The zero-order chi connectivity index (χ0) is 18.8. The quantitative estimate of drug-likeness (QED) is 0.657. The van der Waals surface area contributed by atoms with E-state index in [1.54, 1.807) is 7.05 Å². The summed E-state index contributed by atoms with van der Waals surface area (Å²) in [7, 11) is 2.96. The third-order valence-corrected chi connectivity index (χ3v) is 4.65. The van der Waals surface area contributed by atoms with Gasteiger partial charge in [-0.3, -0.25) is 18.7 Å². The second-order valence-corrected chi connectivity index (χ2v) is 6.71. The molecule has 0 atom stereocenters. The number of aromatic nitrogens is 4. The fraction of sp³-hybridized carbons (Fsp3) is 0.333. The molecular weight excluding hydrogens is 356 g/mol. The van der Waals surface area contributed by atoms with E-state index in [-0.39, 0.29) is 23.5 Å². The highest BCUT2D eigenvalue weighted by Crippen LogP contribution is 2.12. The second kappa shape index (κ2) is 7.29. The Balaban J connectivity index is 1.71. The van der Waals surface area contributed by atoms with E-state index in [9.17, 15) is 14.4 Å². The zero-order valence-corrected chi connectivity index (χ0v) is 15.4. The fourth-order valence-electron chi connectivity index (χ4n) is 2.93. The van der Waals surface area contributed by atoms with Crippen LogP contribution in [-0.2, 0) is 31.9 Å². The average molecular weight is 375 g/mol. The molecule has 0 saturated carbocycles. The highest BCUT2D eigenvalue weighted by Gasteiger charge is 2.15. The molecule has 3 aromatic rings. The van der Waals surface area contributed by atoms with Gasteiger partial charge < -0.3 is 4.57 Å². The van der Waals surface area contributed by atoms with Gasteiger partial charge in [-0.2, -0.15) is 0 Å². The maximum absolute atomic E-state index is 12.4. The number of imidazole rings is 1. The van der Waals surface area contributed by atoms with Gasteiger partial charge in [0.2, 0.25) is 0 Å². The lowest BCUT2D eigenvalue weighted by Crippen LogP contribution is -2.37. The molecule has 0 aliphatic heterocycles. The van der Waals surface area contributed by atoms with Crippen LogP contribution in [0.5, 0.6) is 0 Å². The van der Waals surface area contributed by atoms with Crippen LogP contribution >= 0.6 is 11.6 Å². The van der Waals surface area contributed by atoms with E-state index < -0.39 is 11.2 Å². The lowest BCUT2D eigenvalue weighted by Gasteiger charge is -2.06. The van der Waals surface area contributed by atoms with Crippen LogP contribution < -0.4 is 11.2 Å². The molecule has 0 aliphatic carbocycles. The monoisotopic (exact) mass is 374 g/mol. The van der Waals surface area contributed by atoms with E-state index in [1.165, 1.54) is 22.5 Å². The number of hydrogen-bond donors (Lipinski definition) is 0. The standard InChI is InChI=1S/C18H19ClN4O3/c1-21-16-15(17(25)22(2)18(21)26)23(11-20-16)10-14(24)5-3-4-12-6-8-13(19)9-7-12/h6-9,11H,3-5,10H2,1-2H3. The first-order valence-corrected chi connectivity index (χ1v) is 8.63. The third-order valence-electron chi connectivity index (χ3n) is 4.40. The van der Waals surface area contributed by atoms with E-state index in [1.807, 2.05) is 24.3 Å². The molecule has 26 heavy (non-hydrogen) atoms. The molecule has 2 aromatic heterocycles. The Hall–Kier alpha value is -2.67. The number of ketones is 1. The molecular formula is C18H19ClN4O3. The maximum Gasteiger partial charge on any atom is 0.332 e. The lowest BCUT2D eigenvalue weighted by atomic mass is 10.1. The predicted octanol–water partition coefficient (Wildman–Crippen LogP) is 1.68. The summed E-state index contributed by atoms with van der Waals surface area (Å²) < 4.78 is 3.84. The van der Waals surface area contributed by atoms with Crippen LogP contribution in [-0.4, -0.2) is 24.5 Å². The summed E-state index contributed by atoms with van der Waals surface area (Å²) in [6.07, 6.45) is 3.32. The number of fused-ring (bicyclic) bond motifs is 1. The van der Waals surface area contributed by atoms with Gasteiger partial charge in [-0.15, -0.1) is 0 Å². The Kier molecular flexibility index (Phi) is 5.08. The van der Waals surface area contributed by atoms with E-state index in [4.69, 9.17) is 11.6 Å². The molecule has 1 aromatic carbocycles. The predicted molar refractivity (Wildman–Crippen MR) is 99.6 cm³/mol. The van der Waals surface area contributed by atoms with Gasteiger partial charge >= 0.3 is 5.69 Å². The van der Waals surface area contributed by atoms with E-state index >= 15 is 0 Å². The maximum atomic E-state index is 12.4. The van der Waals surface area contributed by atoms with Gasteiger partial charge in [-0.1, -0.05) is 23.7 Å². The van der Waals surface area contributed by atoms with Crippen molar-refractivity contribution >= 4 is 28.5 Å². The van der Waals surface area contributed by atoms with Gasteiger partial charge in [-0.25, -0.2) is 9.78 Å². The average Bonchev–Trinajstić information content (AvgIpc) is 3.03. The SMILES string of the molecule is Cn1c(=O)c2c(ncn2CC(=O)CCCc2ccc(Cl)cc2)n(C)c1=O. The summed E-state index contributed by atoms with van der Waals surface area (Å²) in [5, 5.41) is 0.688. The summed E-state index contributed by atoms with van der Waals surface area (Å²) >= 11 is 5.86. The van der Waals surface area contributed by atoms with Crippen LogP contribution in [0, 0.1) is 0 Å². The topological polar surface area (TPSA) is 78.9 Å². The zero-order valence-electron chi connectivity index (χ0n) is 14.6. The molecule has 0 N–H and O–H groups in total. The van der Waals surface area contributed by atoms with Gasteiger partial charge in [0.15, 0.2) is 16.9 Å². The molecule has 8 heteroatoms. The van der Waals surface area contributed by atoms with Gasteiger partial charge in [0.05, 0.1) is 12.9 Å². The Morgan fingerprint density at radius 3 is 2.50 bits per heavy atom. The van der Waals surface area contributed by atoms with Crippen LogP contribution in [0.3, 0.4) is 0 Å².